The maximum atomic E-state index is 11.3. The zero-order chi connectivity index (χ0) is 15.7. The SMILES string of the molecule is CCN(CC)C(CCC(C(=O)O)N(CC)CC)C(=O)O. The molecule has 2 atom stereocenters. The van der Waals surface area contributed by atoms with Crippen molar-refractivity contribution < 1.29 is 19.8 Å². The van der Waals surface area contributed by atoms with Crippen molar-refractivity contribution in [2.75, 3.05) is 26.2 Å². The van der Waals surface area contributed by atoms with Crippen LogP contribution in [0, 0.1) is 0 Å². The van der Waals surface area contributed by atoms with Crippen molar-refractivity contribution in [2.24, 2.45) is 0 Å². The minimum Gasteiger partial charge on any atom is -0.480 e. The third-order valence-corrected chi connectivity index (χ3v) is 3.79. The van der Waals surface area contributed by atoms with Crippen molar-refractivity contribution in [1.29, 1.82) is 0 Å². The van der Waals surface area contributed by atoms with Crippen molar-refractivity contribution in [3.05, 3.63) is 0 Å². The fourth-order valence-corrected chi connectivity index (χ4v) is 2.57. The average molecular weight is 288 g/mol. The summed E-state index contributed by atoms with van der Waals surface area (Å²) < 4.78 is 0. The molecule has 0 radical (unpaired) electrons. The summed E-state index contributed by atoms with van der Waals surface area (Å²) in [6.07, 6.45) is 0.703. The highest BCUT2D eigenvalue weighted by Gasteiger charge is 2.28. The molecule has 2 unspecified atom stereocenters. The summed E-state index contributed by atoms with van der Waals surface area (Å²) in [7, 11) is 0. The fourth-order valence-electron chi connectivity index (χ4n) is 2.57. The van der Waals surface area contributed by atoms with E-state index in [0.29, 0.717) is 39.0 Å². The van der Waals surface area contributed by atoms with E-state index in [1.807, 2.05) is 37.5 Å². The van der Waals surface area contributed by atoms with Gasteiger partial charge in [0, 0.05) is 0 Å². The van der Waals surface area contributed by atoms with Gasteiger partial charge in [-0.05, 0) is 39.0 Å². The minimum atomic E-state index is -0.877. The summed E-state index contributed by atoms with van der Waals surface area (Å²) >= 11 is 0. The number of carboxylic acids is 2. The largest absolute Gasteiger partial charge is 0.480 e. The van der Waals surface area contributed by atoms with Gasteiger partial charge in [-0.15, -0.1) is 0 Å². The van der Waals surface area contributed by atoms with Crippen LogP contribution in [0.25, 0.3) is 0 Å². The van der Waals surface area contributed by atoms with Gasteiger partial charge >= 0.3 is 11.9 Å². The van der Waals surface area contributed by atoms with Crippen LogP contribution in [0.1, 0.15) is 40.5 Å². The van der Waals surface area contributed by atoms with Gasteiger partial charge in [0.2, 0.25) is 0 Å². The molecular weight excluding hydrogens is 260 g/mol. The first-order valence-electron chi connectivity index (χ1n) is 7.36. The fraction of sp³-hybridized carbons (Fsp3) is 0.857. The van der Waals surface area contributed by atoms with Gasteiger partial charge in [0.1, 0.15) is 12.1 Å². The summed E-state index contributed by atoms with van der Waals surface area (Å²) in [6.45, 7) is 10.3. The van der Waals surface area contributed by atoms with Gasteiger partial charge in [0.15, 0.2) is 0 Å². The molecule has 0 saturated heterocycles. The molecule has 0 bridgehead atoms. The highest BCUT2D eigenvalue weighted by molar-refractivity contribution is 5.75. The summed E-state index contributed by atoms with van der Waals surface area (Å²) in [6, 6.07) is -1.22. The van der Waals surface area contributed by atoms with E-state index in [9.17, 15) is 19.8 Å². The lowest BCUT2D eigenvalue weighted by atomic mass is 10.0. The molecule has 0 aromatic carbocycles. The smallest absolute Gasteiger partial charge is 0.320 e. The second kappa shape index (κ2) is 9.72. The first-order valence-corrected chi connectivity index (χ1v) is 7.36. The molecule has 0 aromatic rings. The molecule has 0 aliphatic rings. The Morgan fingerprint density at radius 3 is 1.15 bits per heavy atom. The minimum absolute atomic E-state index is 0.352. The number of nitrogens with zero attached hydrogens (tertiary/aromatic N) is 2. The molecule has 0 aliphatic carbocycles. The first kappa shape index (κ1) is 18.9. The Kier molecular flexibility index (Phi) is 9.16. The van der Waals surface area contributed by atoms with Gasteiger partial charge in [0.05, 0.1) is 0 Å². The van der Waals surface area contributed by atoms with Crippen LogP contribution in [0.2, 0.25) is 0 Å². The van der Waals surface area contributed by atoms with Crippen LogP contribution in [-0.2, 0) is 9.59 Å². The second-order valence-corrected chi connectivity index (χ2v) is 4.73. The maximum Gasteiger partial charge on any atom is 0.320 e. The molecule has 6 nitrogen and oxygen atoms in total. The maximum absolute atomic E-state index is 11.3. The number of hydrogen-bond donors (Lipinski definition) is 2. The van der Waals surface area contributed by atoms with Gasteiger partial charge in [-0.2, -0.15) is 0 Å². The number of hydrogen-bond acceptors (Lipinski definition) is 4. The molecule has 0 aromatic heterocycles. The Hall–Kier alpha value is -1.14. The van der Waals surface area contributed by atoms with E-state index >= 15 is 0 Å². The quantitative estimate of drug-likeness (QED) is 0.597. The van der Waals surface area contributed by atoms with Crippen LogP contribution in [0.15, 0.2) is 0 Å². The number of aliphatic carboxylic acids is 2. The Labute approximate surface area is 121 Å². The first-order chi connectivity index (χ1) is 9.42. The van der Waals surface area contributed by atoms with E-state index in [0.717, 1.165) is 0 Å². The Balaban J connectivity index is 4.79. The van der Waals surface area contributed by atoms with Crippen molar-refractivity contribution in [1.82, 2.24) is 9.80 Å². The van der Waals surface area contributed by atoms with Gasteiger partial charge in [-0.25, -0.2) is 0 Å². The molecule has 0 fully saturated rings. The van der Waals surface area contributed by atoms with Crippen molar-refractivity contribution in [3.63, 3.8) is 0 Å². The Bertz CT molecular complexity index is 272. The zero-order valence-electron chi connectivity index (χ0n) is 13.0. The third-order valence-electron chi connectivity index (χ3n) is 3.79. The molecule has 0 aliphatic heterocycles. The van der Waals surface area contributed by atoms with Crippen molar-refractivity contribution in [3.8, 4) is 0 Å². The van der Waals surface area contributed by atoms with Gasteiger partial charge < -0.3 is 10.2 Å². The van der Waals surface area contributed by atoms with Crippen LogP contribution < -0.4 is 0 Å². The van der Waals surface area contributed by atoms with Gasteiger partial charge in [-0.1, -0.05) is 27.7 Å². The number of likely N-dealkylation sites (N-methyl/N-ethyl adjacent to an activating group) is 2. The Morgan fingerprint density at radius 2 is 1.00 bits per heavy atom. The van der Waals surface area contributed by atoms with E-state index in [4.69, 9.17) is 0 Å². The topological polar surface area (TPSA) is 81.1 Å². The highest BCUT2D eigenvalue weighted by Crippen LogP contribution is 2.14. The summed E-state index contributed by atoms with van der Waals surface area (Å²) in [5.74, 6) is -1.75. The van der Waals surface area contributed by atoms with E-state index in [1.54, 1.807) is 0 Å². The summed E-state index contributed by atoms with van der Waals surface area (Å²) in [4.78, 5) is 26.4. The standard InChI is InChI=1S/C14H28N2O4/c1-5-15(6-2)11(13(17)18)9-10-12(14(19)20)16(7-3)8-4/h11-12H,5-10H2,1-4H3,(H,17,18)(H,19,20). The van der Waals surface area contributed by atoms with E-state index in [2.05, 4.69) is 0 Å². The van der Waals surface area contributed by atoms with Crippen LogP contribution in [-0.4, -0.2) is 70.2 Å². The monoisotopic (exact) mass is 288 g/mol. The summed E-state index contributed by atoms with van der Waals surface area (Å²) in [5.41, 5.74) is 0. The van der Waals surface area contributed by atoms with Crippen LogP contribution in [0.3, 0.4) is 0 Å². The molecule has 2 N–H and O–H groups in total. The normalized spacial score (nSPS) is 14.5. The van der Waals surface area contributed by atoms with E-state index < -0.39 is 24.0 Å². The van der Waals surface area contributed by atoms with Gasteiger partial charge in [-0.3, -0.25) is 19.4 Å². The third kappa shape index (κ3) is 5.46. The molecule has 20 heavy (non-hydrogen) atoms. The average Bonchev–Trinajstić information content (AvgIpc) is 2.41. The van der Waals surface area contributed by atoms with E-state index in [1.165, 1.54) is 0 Å². The second-order valence-electron chi connectivity index (χ2n) is 4.73. The molecule has 0 heterocycles. The number of rotatable bonds is 11. The number of carbonyl (C=O) groups is 2. The highest BCUT2D eigenvalue weighted by atomic mass is 16.4. The van der Waals surface area contributed by atoms with Crippen LogP contribution in [0.5, 0.6) is 0 Å². The lowest BCUT2D eigenvalue weighted by molar-refractivity contribution is -0.146. The molecule has 0 amide bonds. The van der Waals surface area contributed by atoms with E-state index in [-0.39, 0.29) is 0 Å². The van der Waals surface area contributed by atoms with Crippen molar-refractivity contribution >= 4 is 11.9 Å². The van der Waals surface area contributed by atoms with Crippen LogP contribution in [0.4, 0.5) is 0 Å². The van der Waals surface area contributed by atoms with Crippen LogP contribution >= 0.6 is 0 Å². The predicted molar refractivity (Wildman–Crippen MR) is 77.9 cm³/mol. The predicted octanol–water partition coefficient (Wildman–Crippen LogP) is 1.36. The lowest BCUT2D eigenvalue weighted by Gasteiger charge is -2.30. The molecular formula is C14H28N2O4. The van der Waals surface area contributed by atoms with Crippen molar-refractivity contribution in [2.45, 2.75) is 52.6 Å². The number of carboxylic acid groups (broad SMARTS) is 2. The molecule has 0 saturated carbocycles. The Morgan fingerprint density at radius 1 is 0.750 bits per heavy atom. The summed E-state index contributed by atoms with van der Waals surface area (Å²) in [5, 5.41) is 18.6. The zero-order valence-corrected chi connectivity index (χ0v) is 13.0. The molecule has 118 valence electrons. The molecule has 0 rings (SSSR count). The molecule has 0 spiro atoms. The van der Waals surface area contributed by atoms with Gasteiger partial charge in [0.25, 0.3) is 0 Å². The lowest BCUT2D eigenvalue weighted by Crippen LogP contribution is -2.45. The molecule has 6 heteroatoms.